The number of carbonyl (C=O) groups is 1. The SMILES string of the molecule is CC(C)(C)OC(=O)Nc1nc2ccc(F)cc2cc1O. The van der Waals surface area contributed by atoms with Crippen LogP contribution in [0, 0.1) is 5.82 Å². The quantitative estimate of drug-likeness (QED) is 0.838. The molecule has 0 unspecified atom stereocenters. The van der Waals surface area contributed by atoms with Crippen LogP contribution in [0.4, 0.5) is 15.0 Å². The summed E-state index contributed by atoms with van der Waals surface area (Å²) in [5.41, 5.74) is -0.199. The Kier molecular flexibility index (Phi) is 3.48. The van der Waals surface area contributed by atoms with Gasteiger partial charge in [0.05, 0.1) is 5.52 Å². The molecule has 2 rings (SSSR count). The number of hydrogen-bond donors (Lipinski definition) is 2. The first-order valence-corrected chi connectivity index (χ1v) is 6.04. The topological polar surface area (TPSA) is 71.5 Å². The third kappa shape index (κ3) is 3.34. The molecule has 2 N–H and O–H groups in total. The molecule has 0 aliphatic heterocycles. The summed E-state index contributed by atoms with van der Waals surface area (Å²) in [5, 5.41) is 12.6. The molecule has 20 heavy (non-hydrogen) atoms. The molecule has 0 fully saturated rings. The minimum Gasteiger partial charge on any atom is -0.504 e. The van der Waals surface area contributed by atoms with Crippen molar-refractivity contribution in [3.05, 3.63) is 30.1 Å². The predicted molar refractivity (Wildman–Crippen MR) is 73.2 cm³/mol. The van der Waals surface area contributed by atoms with Crippen LogP contribution in [0.2, 0.25) is 0 Å². The van der Waals surface area contributed by atoms with Crippen LogP contribution < -0.4 is 5.32 Å². The van der Waals surface area contributed by atoms with Crippen molar-refractivity contribution in [3.63, 3.8) is 0 Å². The highest BCUT2D eigenvalue weighted by molar-refractivity contribution is 5.89. The number of benzene rings is 1. The molecule has 106 valence electrons. The Hall–Kier alpha value is -2.37. The molecule has 0 radical (unpaired) electrons. The van der Waals surface area contributed by atoms with Crippen molar-refractivity contribution in [3.8, 4) is 5.75 Å². The van der Waals surface area contributed by atoms with Crippen molar-refractivity contribution in [2.75, 3.05) is 5.32 Å². The van der Waals surface area contributed by atoms with E-state index in [9.17, 15) is 14.3 Å². The Balaban J connectivity index is 2.29. The predicted octanol–water partition coefficient (Wildman–Crippen LogP) is 3.43. The highest BCUT2D eigenvalue weighted by Crippen LogP contribution is 2.26. The molecule has 1 aromatic carbocycles. The number of aromatic nitrogens is 1. The lowest BCUT2D eigenvalue weighted by molar-refractivity contribution is 0.0634. The lowest BCUT2D eigenvalue weighted by Crippen LogP contribution is -2.27. The third-order valence-corrected chi connectivity index (χ3v) is 2.38. The number of anilines is 1. The van der Waals surface area contributed by atoms with E-state index < -0.39 is 17.5 Å². The van der Waals surface area contributed by atoms with Crippen molar-refractivity contribution < 1.29 is 19.0 Å². The van der Waals surface area contributed by atoms with Gasteiger partial charge in [-0.05, 0) is 45.0 Å². The number of rotatable bonds is 1. The third-order valence-electron chi connectivity index (χ3n) is 2.38. The molecule has 0 saturated carbocycles. The standard InChI is InChI=1S/C14H15FN2O3/c1-14(2,3)20-13(19)17-12-11(18)7-8-6-9(15)4-5-10(8)16-12/h4-7,18H,1-3H3,(H,16,17,19). The molecule has 0 bridgehead atoms. The minimum atomic E-state index is -0.721. The second kappa shape index (κ2) is 4.96. The fraction of sp³-hybridized carbons (Fsp3) is 0.286. The Bertz CT molecular complexity index is 665. The summed E-state index contributed by atoms with van der Waals surface area (Å²) in [7, 11) is 0. The number of halogens is 1. The summed E-state index contributed by atoms with van der Waals surface area (Å²) < 4.78 is 18.1. The summed E-state index contributed by atoms with van der Waals surface area (Å²) in [6.07, 6.45) is -0.721. The smallest absolute Gasteiger partial charge is 0.413 e. The van der Waals surface area contributed by atoms with Gasteiger partial charge in [-0.15, -0.1) is 0 Å². The van der Waals surface area contributed by atoms with E-state index in [-0.39, 0.29) is 11.6 Å². The van der Waals surface area contributed by atoms with Crippen LogP contribution in [0.1, 0.15) is 20.8 Å². The van der Waals surface area contributed by atoms with Gasteiger partial charge in [0.15, 0.2) is 11.6 Å². The first-order chi connectivity index (χ1) is 9.24. The summed E-state index contributed by atoms with van der Waals surface area (Å²) >= 11 is 0. The molecule has 1 amide bonds. The fourth-order valence-electron chi connectivity index (χ4n) is 1.63. The fourth-order valence-corrected chi connectivity index (χ4v) is 1.63. The highest BCUT2D eigenvalue weighted by Gasteiger charge is 2.18. The number of aromatic hydroxyl groups is 1. The van der Waals surface area contributed by atoms with Gasteiger partial charge in [0, 0.05) is 5.39 Å². The Morgan fingerprint density at radius 3 is 2.70 bits per heavy atom. The van der Waals surface area contributed by atoms with Gasteiger partial charge in [-0.1, -0.05) is 0 Å². The Morgan fingerprint density at radius 1 is 1.35 bits per heavy atom. The molecule has 1 heterocycles. The van der Waals surface area contributed by atoms with Crippen molar-refractivity contribution in [1.82, 2.24) is 4.98 Å². The van der Waals surface area contributed by atoms with E-state index in [1.807, 2.05) is 0 Å². The van der Waals surface area contributed by atoms with Crippen LogP contribution >= 0.6 is 0 Å². The van der Waals surface area contributed by atoms with E-state index in [0.717, 1.165) is 0 Å². The first kappa shape index (κ1) is 14.0. The molecule has 0 saturated heterocycles. The number of nitrogens with one attached hydrogen (secondary N) is 1. The number of nitrogens with zero attached hydrogens (tertiary/aromatic N) is 1. The number of amides is 1. The van der Waals surface area contributed by atoms with Gasteiger partial charge in [-0.2, -0.15) is 0 Å². The van der Waals surface area contributed by atoms with Gasteiger partial charge in [0.1, 0.15) is 11.4 Å². The first-order valence-electron chi connectivity index (χ1n) is 6.04. The second-order valence-electron chi connectivity index (χ2n) is 5.32. The zero-order chi connectivity index (χ0) is 14.9. The lowest BCUT2D eigenvalue weighted by Gasteiger charge is -2.19. The Morgan fingerprint density at radius 2 is 2.05 bits per heavy atom. The average molecular weight is 278 g/mol. The zero-order valence-corrected chi connectivity index (χ0v) is 11.4. The number of hydrogen-bond acceptors (Lipinski definition) is 4. The zero-order valence-electron chi connectivity index (χ0n) is 11.4. The van der Waals surface area contributed by atoms with Crippen LogP contribution in [-0.2, 0) is 4.74 Å². The number of fused-ring (bicyclic) bond motifs is 1. The summed E-state index contributed by atoms with van der Waals surface area (Å²) in [6, 6.07) is 5.30. The number of carbonyl (C=O) groups excluding carboxylic acids is 1. The monoisotopic (exact) mass is 278 g/mol. The van der Waals surface area contributed by atoms with E-state index in [4.69, 9.17) is 4.74 Å². The van der Waals surface area contributed by atoms with Gasteiger partial charge in [0.25, 0.3) is 0 Å². The minimum absolute atomic E-state index is 0.0293. The maximum atomic E-state index is 13.1. The largest absolute Gasteiger partial charge is 0.504 e. The molecule has 5 nitrogen and oxygen atoms in total. The van der Waals surface area contributed by atoms with E-state index in [0.29, 0.717) is 10.9 Å². The maximum absolute atomic E-state index is 13.1. The summed E-state index contributed by atoms with van der Waals surface area (Å²) in [5.74, 6) is -0.709. The van der Waals surface area contributed by atoms with Gasteiger partial charge >= 0.3 is 6.09 Å². The molecule has 2 aromatic rings. The van der Waals surface area contributed by atoms with Gasteiger partial charge in [0.2, 0.25) is 0 Å². The van der Waals surface area contributed by atoms with Gasteiger partial charge in [-0.25, -0.2) is 14.2 Å². The molecule has 0 aliphatic rings. The maximum Gasteiger partial charge on any atom is 0.413 e. The molecular formula is C14H15FN2O3. The van der Waals surface area contributed by atoms with Crippen LogP contribution in [0.15, 0.2) is 24.3 Å². The van der Waals surface area contributed by atoms with E-state index in [1.54, 1.807) is 20.8 Å². The van der Waals surface area contributed by atoms with Crippen molar-refractivity contribution in [2.45, 2.75) is 26.4 Å². The molecular weight excluding hydrogens is 263 g/mol. The number of ether oxygens (including phenoxy) is 1. The van der Waals surface area contributed by atoms with Crippen LogP contribution in [0.3, 0.4) is 0 Å². The molecule has 6 heteroatoms. The lowest BCUT2D eigenvalue weighted by atomic mass is 10.2. The van der Waals surface area contributed by atoms with E-state index in [2.05, 4.69) is 10.3 Å². The second-order valence-corrected chi connectivity index (χ2v) is 5.32. The normalized spacial score (nSPS) is 11.4. The molecule has 0 aliphatic carbocycles. The Labute approximate surface area is 115 Å². The molecule has 0 atom stereocenters. The van der Waals surface area contributed by atoms with E-state index >= 15 is 0 Å². The number of pyridine rings is 1. The molecule has 0 spiro atoms. The average Bonchev–Trinajstić information content (AvgIpc) is 2.28. The van der Waals surface area contributed by atoms with Gasteiger partial charge < -0.3 is 9.84 Å². The van der Waals surface area contributed by atoms with Crippen molar-refractivity contribution >= 4 is 22.8 Å². The summed E-state index contributed by atoms with van der Waals surface area (Å²) in [6.45, 7) is 5.18. The molecule has 1 aromatic heterocycles. The summed E-state index contributed by atoms with van der Waals surface area (Å²) in [4.78, 5) is 15.7. The van der Waals surface area contributed by atoms with Crippen LogP contribution in [0.25, 0.3) is 10.9 Å². The van der Waals surface area contributed by atoms with Crippen molar-refractivity contribution in [1.29, 1.82) is 0 Å². The van der Waals surface area contributed by atoms with Crippen LogP contribution in [-0.4, -0.2) is 21.8 Å². The van der Waals surface area contributed by atoms with Crippen LogP contribution in [0.5, 0.6) is 5.75 Å². The van der Waals surface area contributed by atoms with Gasteiger partial charge in [-0.3, -0.25) is 5.32 Å². The highest BCUT2D eigenvalue weighted by atomic mass is 19.1. The van der Waals surface area contributed by atoms with Crippen molar-refractivity contribution in [2.24, 2.45) is 0 Å². The van der Waals surface area contributed by atoms with E-state index in [1.165, 1.54) is 24.3 Å².